The maximum atomic E-state index is 13.0. The van der Waals surface area contributed by atoms with Gasteiger partial charge >= 0.3 is 6.18 Å². The summed E-state index contributed by atoms with van der Waals surface area (Å²) in [7, 11) is -1.81. The summed E-state index contributed by atoms with van der Waals surface area (Å²) in [6.07, 6.45) is -3.47. The number of anilines is 1. The van der Waals surface area contributed by atoms with E-state index >= 15 is 0 Å². The van der Waals surface area contributed by atoms with Crippen molar-refractivity contribution in [2.45, 2.75) is 12.1 Å². The standard InChI is InChI=1S/C12H15ClF3NO2S/c1-17(5-6-20(2,18)19)11-4-3-9(8-13)7-10(11)12(14,15)16/h3-4,7H,5-6,8H2,1-2H3. The highest BCUT2D eigenvalue weighted by Gasteiger charge is 2.34. The summed E-state index contributed by atoms with van der Waals surface area (Å²) in [4.78, 5) is 1.28. The van der Waals surface area contributed by atoms with Crippen LogP contribution < -0.4 is 4.90 Å². The molecule has 20 heavy (non-hydrogen) atoms. The molecule has 0 spiro atoms. The van der Waals surface area contributed by atoms with Crippen LogP contribution in [0.4, 0.5) is 18.9 Å². The molecule has 1 rings (SSSR count). The summed E-state index contributed by atoms with van der Waals surface area (Å²) in [6, 6.07) is 3.79. The van der Waals surface area contributed by atoms with Gasteiger partial charge < -0.3 is 4.90 Å². The molecule has 0 amide bonds. The molecule has 0 unspecified atom stereocenters. The molecular weight excluding hydrogens is 315 g/mol. The van der Waals surface area contributed by atoms with Gasteiger partial charge in [-0.25, -0.2) is 8.42 Å². The zero-order chi connectivity index (χ0) is 15.6. The van der Waals surface area contributed by atoms with Crippen molar-refractivity contribution in [3.63, 3.8) is 0 Å². The van der Waals surface area contributed by atoms with Gasteiger partial charge in [-0.3, -0.25) is 0 Å². The Morgan fingerprint density at radius 1 is 1.30 bits per heavy atom. The lowest BCUT2D eigenvalue weighted by Crippen LogP contribution is -2.27. The van der Waals surface area contributed by atoms with Gasteiger partial charge in [0.15, 0.2) is 0 Å². The molecule has 0 radical (unpaired) electrons. The second kappa shape index (κ2) is 6.22. The van der Waals surface area contributed by atoms with Gasteiger partial charge in [0.05, 0.1) is 11.3 Å². The predicted octanol–water partition coefficient (Wildman–Crippen LogP) is 2.93. The fraction of sp³-hybridized carbons (Fsp3) is 0.500. The Bertz CT molecular complexity index is 573. The molecule has 0 aliphatic rings. The largest absolute Gasteiger partial charge is 0.418 e. The first-order valence-corrected chi connectivity index (χ1v) is 8.29. The first kappa shape index (κ1) is 17.1. The van der Waals surface area contributed by atoms with Crippen LogP contribution in [0.15, 0.2) is 18.2 Å². The van der Waals surface area contributed by atoms with Gasteiger partial charge in [0.2, 0.25) is 0 Å². The van der Waals surface area contributed by atoms with Gasteiger partial charge in [-0.15, -0.1) is 11.6 Å². The van der Waals surface area contributed by atoms with Crippen molar-refractivity contribution in [2.24, 2.45) is 0 Å². The van der Waals surface area contributed by atoms with Gasteiger partial charge in [-0.1, -0.05) is 6.07 Å². The SMILES string of the molecule is CN(CCS(C)(=O)=O)c1ccc(CCl)cc1C(F)(F)F. The van der Waals surface area contributed by atoms with Crippen LogP contribution in [0.3, 0.4) is 0 Å². The van der Waals surface area contributed by atoms with Crippen molar-refractivity contribution in [3.8, 4) is 0 Å². The molecule has 0 aliphatic carbocycles. The number of alkyl halides is 4. The van der Waals surface area contributed by atoms with E-state index in [0.29, 0.717) is 5.56 Å². The average Bonchev–Trinajstić information content (AvgIpc) is 2.33. The van der Waals surface area contributed by atoms with Gasteiger partial charge in [-0.2, -0.15) is 13.2 Å². The Morgan fingerprint density at radius 2 is 1.90 bits per heavy atom. The number of hydrogen-bond acceptors (Lipinski definition) is 3. The topological polar surface area (TPSA) is 37.4 Å². The van der Waals surface area contributed by atoms with Crippen LogP contribution in [0.25, 0.3) is 0 Å². The molecule has 0 heterocycles. The Morgan fingerprint density at radius 3 is 2.35 bits per heavy atom. The molecule has 0 atom stereocenters. The van der Waals surface area contributed by atoms with Crippen LogP contribution in [-0.2, 0) is 21.9 Å². The molecule has 0 aliphatic heterocycles. The lowest BCUT2D eigenvalue weighted by molar-refractivity contribution is -0.137. The molecule has 8 heteroatoms. The maximum absolute atomic E-state index is 13.0. The molecular formula is C12H15ClF3NO2S. The van der Waals surface area contributed by atoms with Crippen molar-refractivity contribution in [1.82, 2.24) is 0 Å². The van der Waals surface area contributed by atoms with Crippen molar-refractivity contribution < 1.29 is 21.6 Å². The van der Waals surface area contributed by atoms with E-state index in [2.05, 4.69) is 0 Å². The molecule has 0 fully saturated rings. The monoisotopic (exact) mass is 329 g/mol. The Hall–Kier alpha value is -0.950. The van der Waals surface area contributed by atoms with E-state index in [9.17, 15) is 21.6 Å². The molecule has 114 valence electrons. The third kappa shape index (κ3) is 4.86. The van der Waals surface area contributed by atoms with Crippen molar-refractivity contribution in [3.05, 3.63) is 29.3 Å². The fourth-order valence-corrected chi connectivity index (χ4v) is 2.42. The van der Waals surface area contributed by atoms with E-state index in [4.69, 9.17) is 11.6 Å². The normalized spacial score (nSPS) is 12.5. The molecule has 0 bridgehead atoms. The smallest absolute Gasteiger partial charge is 0.373 e. The van der Waals surface area contributed by atoms with Gasteiger partial charge in [0, 0.05) is 31.4 Å². The first-order valence-electron chi connectivity index (χ1n) is 5.69. The summed E-state index contributed by atoms with van der Waals surface area (Å²) in [5.74, 6) is -0.228. The van der Waals surface area contributed by atoms with Crippen molar-refractivity contribution >= 4 is 27.1 Å². The Labute approximate surface area is 121 Å². The third-order valence-electron chi connectivity index (χ3n) is 2.73. The van der Waals surface area contributed by atoms with E-state index < -0.39 is 21.6 Å². The molecule has 0 N–H and O–H groups in total. The predicted molar refractivity (Wildman–Crippen MR) is 74.0 cm³/mol. The van der Waals surface area contributed by atoms with Crippen molar-refractivity contribution in [2.75, 3.05) is 30.5 Å². The fourth-order valence-electron chi connectivity index (χ4n) is 1.65. The number of nitrogens with zero attached hydrogens (tertiary/aromatic N) is 1. The summed E-state index contributed by atoms with van der Waals surface area (Å²) in [5, 5.41) is 0. The van der Waals surface area contributed by atoms with Crippen LogP contribution in [-0.4, -0.2) is 34.0 Å². The average molecular weight is 330 g/mol. The lowest BCUT2D eigenvalue weighted by Gasteiger charge is -2.23. The number of sulfone groups is 1. The van der Waals surface area contributed by atoms with Gasteiger partial charge in [-0.05, 0) is 17.7 Å². The molecule has 1 aromatic carbocycles. The van der Waals surface area contributed by atoms with E-state index in [1.54, 1.807) is 0 Å². The van der Waals surface area contributed by atoms with Crippen LogP contribution in [0.1, 0.15) is 11.1 Å². The minimum absolute atomic E-state index is 0.0118. The second-order valence-electron chi connectivity index (χ2n) is 4.53. The highest BCUT2D eigenvalue weighted by molar-refractivity contribution is 7.90. The van der Waals surface area contributed by atoms with Gasteiger partial charge in [0.25, 0.3) is 0 Å². The molecule has 0 saturated carbocycles. The second-order valence-corrected chi connectivity index (χ2v) is 7.06. The third-order valence-corrected chi connectivity index (χ3v) is 3.96. The Kier molecular flexibility index (Phi) is 5.32. The van der Waals surface area contributed by atoms with E-state index in [1.807, 2.05) is 0 Å². The summed E-state index contributed by atoms with van der Waals surface area (Å²) in [6.45, 7) is -0.0118. The maximum Gasteiger partial charge on any atom is 0.418 e. The Balaban J connectivity index is 3.10. The molecule has 1 aromatic rings. The minimum Gasteiger partial charge on any atom is -0.373 e. The quantitative estimate of drug-likeness (QED) is 0.779. The number of rotatable bonds is 5. The minimum atomic E-state index is -4.52. The summed E-state index contributed by atoms with van der Waals surface area (Å²) >= 11 is 5.54. The van der Waals surface area contributed by atoms with Gasteiger partial charge in [0.1, 0.15) is 9.84 Å². The van der Waals surface area contributed by atoms with Crippen molar-refractivity contribution in [1.29, 1.82) is 0 Å². The summed E-state index contributed by atoms with van der Waals surface area (Å²) in [5.41, 5.74) is -0.513. The highest BCUT2D eigenvalue weighted by Crippen LogP contribution is 2.37. The number of hydrogen-bond donors (Lipinski definition) is 0. The molecule has 3 nitrogen and oxygen atoms in total. The van der Waals surface area contributed by atoms with Crippen LogP contribution in [0.2, 0.25) is 0 Å². The highest BCUT2D eigenvalue weighted by atomic mass is 35.5. The molecule has 0 aromatic heterocycles. The first-order chi connectivity index (χ1) is 9.04. The zero-order valence-electron chi connectivity index (χ0n) is 11.0. The number of halogens is 4. The van der Waals surface area contributed by atoms with Crippen LogP contribution >= 0.6 is 11.6 Å². The molecule has 0 saturated heterocycles. The summed E-state index contributed by atoms with van der Waals surface area (Å²) < 4.78 is 61.2. The number of benzene rings is 1. The van der Waals surface area contributed by atoms with E-state index in [1.165, 1.54) is 24.1 Å². The van der Waals surface area contributed by atoms with Crippen LogP contribution in [0.5, 0.6) is 0 Å². The zero-order valence-corrected chi connectivity index (χ0v) is 12.6. The van der Waals surface area contributed by atoms with Crippen LogP contribution in [0, 0.1) is 0 Å². The van der Waals surface area contributed by atoms with E-state index in [0.717, 1.165) is 12.3 Å². The lowest BCUT2D eigenvalue weighted by atomic mass is 10.1. The van der Waals surface area contributed by atoms with E-state index in [-0.39, 0.29) is 23.9 Å².